The van der Waals surface area contributed by atoms with Crippen molar-refractivity contribution in [3.8, 4) is 11.4 Å². The molecule has 0 unspecified atom stereocenters. The molecule has 11 nitrogen and oxygen atoms in total. The maximum Gasteiger partial charge on any atom is 0.408 e. The molecule has 0 radical (unpaired) electrons. The van der Waals surface area contributed by atoms with Crippen LogP contribution in [0.1, 0.15) is 107 Å². The van der Waals surface area contributed by atoms with Crippen molar-refractivity contribution in [2.24, 2.45) is 5.92 Å². The van der Waals surface area contributed by atoms with E-state index in [0.717, 1.165) is 59.2 Å². The third-order valence-electron chi connectivity index (χ3n) is 12.5. The van der Waals surface area contributed by atoms with E-state index in [1.54, 1.807) is 39.4 Å². The second kappa shape index (κ2) is 18.6. The summed E-state index contributed by atoms with van der Waals surface area (Å²) >= 11 is 0. The fourth-order valence-corrected chi connectivity index (χ4v) is 9.63. The number of aromatic nitrogens is 4. The number of tetrazole rings is 1. The third-order valence-corrected chi connectivity index (χ3v) is 12.5. The number of alkyl carbamates (subject to hydrolysis) is 1. The summed E-state index contributed by atoms with van der Waals surface area (Å²) in [6.45, 7) is 9.49. The first kappa shape index (κ1) is 44.0. The number of hydrogen-bond donors (Lipinski definition) is 2. The minimum absolute atomic E-state index is 0.00572. The zero-order valence-corrected chi connectivity index (χ0v) is 37.5. The normalized spacial score (nSPS) is 18.1. The molecule has 1 aliphatic heterocycles. The lowest BCUT2D eigenvalue weighted by Gasteiger charge is -2.35. The van der Waals surface area contributed by atoms with Gasteiger partial charge in [0.15, 0.2) is 5.54 Å². The number of amides is 3. The number of para-hydroxylation sites is 1. The molecule has 8 rings (SSSR count). The van der Waals surface area contributed by atoms with E-state index in [1.807, 2.05) is 47.4 Å². The quantitative estimate of drug-likeness (QED) is 0.117. The fraction of sp³-hybridized carbons (Fsp3) is 0.358. The SMILES string of the molecule is CC(C)(CC(=O)N[C@@H]1CCc2ccccc2N(CC2CCC(c3ccccc3-c3nnn(C(c4ccccc4)(c4ccccc4)c4ccccc4)n3)CC2)C1=O)NC(=O)OC(C)(C)C. The number of fused-ring (bicyclic) bond motifs is 1. The van der Waals surface area contributed by atoms with E-state index in [0.29, 0.717) is 25.2 Å². The number of nitrogens with one attached hydrogen (secondary N) is 2. The van der Waals surface area contributed by atoms with Crippen molar-refractivity contribution in [1.82, 2.24) is 30.8 Å². The monoisotopic (exact) mass is 857 g/mol. The van der Waals surface area contributed by atoms with Crippen LogP contribution in [0.15, 0.2) is 140 Å². The molecule has 2 aliphatic rings. The van der Waals surface area contributed by atoms with Gasteiger partial charge in [-0.25, -0.2) is 4.79 Å². The number of ether oxygens (including phenoxy) is 1. The van der Waals surface area contributed by atoms with Gasteiger partial charge in [0.1, 0.15) is 11.6 Å². The van der Waals surface area contributed by atoms with Crippen molar-refractivity contribution in [3.63, 3.8) is 0 Å². The lowest BCUT2D eigenvalue weighted by atomic mass is 9.77. The molecule has 2 N–H and O–H groups in total. The first-order valence-corrected chi connectivity index (χ1v) is 22.6. The topological polar surface area (TPSA) is 131 Å². The van der Waals surface area contributed by atoms with Gasteiger partial charge in [-0.3, -0.25) is 9.59 Å². The van der Waals surface area contributed by atoms with E-state index >= 15 is 0 Å². The Labute approximate surface area is 376 Å². The fourth-order valence-electron chi connectivity index (χ4n) is 9.63. The lowest BCUT2D eigenvalue weighted by molar-refractivity contribution is -0.128. The number of anilines is 1. The van der Waals surface area contributed by atoms with Crippen LogP contribution in [0.5, 0.6) is 0 Å². The summed E-state index contributed by atoms with van der Waals surface area (Å²) in [4.78, 5) is 44.1. The minimum Gasteiger partial charge on any atom is -0.444 e. The average molecular weight is 858 g/mol. The van der Waals surface area contributed by atoms with Gasteiger partial charge in [0.2, 0.25) is 17.6 Å². The molecule has 330 valence electrons. The predicted molar refractivity (Wildman–Crippen MR) is 250 cm³/mol. The van der Waals surface area contributed by atoms with Crippen molar-refractivity contribution in [1.29, 1.82) is 0 Å². The Bertz CT molecular complexity index is 2450. The van der Waals surface area contributed by atoms with Crippen molar-refractivity contribution in [2.45, 2.75) is 108 Å². The van der Waals surface area contributed by atoms with Crippen LogP contribution in [0.4, 0.5) is 10.5 Å². The number of hydrogen-bond acceptors (Lipinski definition) is 7. The van der Waals surface area contributed by atoms with Crippen molar-refractivity contribution >= 4 is 23.6 Å². The molecule has 0 saturated heterocycles. The second-order valence-corrected chi connectivity index (χ2v) is 18.9. The molecule has 1 saturated carbocycles. The van der Waals surface area contributed by atoms with E-state index in [4.69, 9.17) is 20.1 Å². The summed E-state index contributed by atoms with van der Waals surface area (Å²) in [7, 11) is 0. The van der Waals surface area contributed by atoms with Crippen LogP contribution in [0.25, 0.3) is 11.4 Å². The Balaban J connectivity index is 0.994. The molecule has 0 spiro atoms. The molecular formula is C53H59N7O4. The second-order valence-electron chi connectivity index (χ2n) is 18.9. The number of benzene rings is 5. The molecule has 1 aromatic heterocycles. The van der Waals surface area contributed by atoms with Crippen LogP contribution < -0.4 is 15.5 Å². The maximum atomic E-state index is 14.4. The van der Waals surface area contributed by atoms with E-state index < -0.39 is 28.8 Å². The third kappa shape index (κ3) is 9.63. The molecule has 5 aromatic carbocycles. The first-order valence-electron chi connectivity index (χ1n) is 22.6. The standard InChI is InChI=1S/C53H59N7O4/c1-51(2,3)64-50(63)55-52(4,5)35-47(61)54-45-34-33-39-19-15-18-28-46(39)59(49(45)62)36-37-29-31-38(32-30-37)43-26-16-17-27-44(43)48-56-58-60(57-48)53(40-20-9-6-10-21-40,41-22-11-7-12-23-41)42-24-13-8-14-25-42/h6-28,37-38,45H,29-36H2,1-5H3,(H,54,61)(H,55,63)/t37?,38?,45-/m1/s1. The van der Waals surface area contributed by atoms with Crippen LogP contribution in [0, 0.1) is 5.92 Å². The van der Waals surface area contributed by atoms with Gasteiger partial charge in [-0.05, 0) is 124 Å². The highest BCUT2D eigenvalue weighted by atomic mass is 16.6. The minimum atomic E-state index is -0.885. The summed E-state index contributed by atoms with van der Waals surface area (Å²) in [6, 6.07) is 47.0. The van der Waals surface area contributed by atoms with E-state index in [-0.39, 0.29) is 30.1 Å². The molecule has 2 heterocycles. The Morgan fingerprint density at radius 3 is 1.88 bits per heavy atom. The van der Waals surface area contributed by atoms with E-state index in [1.165, 1.54) is 5.56 Å². The molecule has 3 amide bonds. The molecule has 11 heteroatoms. The highest BCUT2D eigenvalue weighted by Crippen LogP contribution is 2.43. The molecule has 1 aliphatic carbocycles. The molecule has 64 heavy (non-hydrogen) atoms. The van der Waals surface area contributed by atoms with E-state index in [2.05, 4.69) is 108 Å². The predicted octanol–water partition coefficient (Wildman–Crippen LogP) is 9.61. The average Bonchev–Trinajstić information content (AvgIpc) is 3.73. The Kier molecular flexibility index (Phi) is 12.8. The highest BCUT2D eigenvalue weighted by Gasteiger charge is 2.42. The molecule has 6 aromatic rings. The Hall–Kier alpha value is -6.62. The van der Waals surface area contributed by atoms with E-state index in [9.17, 15) is 14.4 Å². The number of nitrogens with zero attached hydrogens (tertiary/aromatic N) is 5. The van der Waals surface area contributed by atoms with Gasteiger partial charge in [0.25, 0.3) is 0 Å². The van der Waals surface area contributed by atoms with Crippen LogP contribution in [-0.4, -0.2) is 61.8 Å². The maximum absolute atomic E-state index is 14.4. The summed E-state index contributed by atoms with van der Waals surface area (Å²) in [6.07, 6.45) is 4.32. The number of aryl methyl sites for hydroxylation is 1. The highest BCUT2D eigenvalue weighted by molar-refractivity contribution is 6.00. The number of carbonyl (C=O) groups excluding carboxylic acids is 3. The van der Waals surface area contributed by atoms with Gasteiger partial charge in [-0.15, -0.1) is 15.0 Å². The first-order chi connectivity index (χ1) is 30.8. The zero-order chi connectivity index (χ0) is 44.9. The van der Waals surface area contributed by atoms with Gasteiger partial charge >= 0.3 is 6.09 Å². The Morgan fingerprint density at radius 1 is 0.703 bits per heavy atom. The van der Waals surface area contributed by atoms with Gasteiger partial charge in [-0.1, -0.05) is 133 Å². The summed E-state index contributed by atoms with van der Waals surface area (Å²) in [5, 5.41) is 20.7. The largest absolute Gasteiger partial charge is 0.444 e. The van der Waals surface area contributed by atoms with Gasteiger partial charge < -0.3 is 20.3 Å². The number of carbonyl (C=O) groups is 3. The van der Waals surface area contributed by atoms with Crippen LogP contribution in [0.2, 0.25) is 0 Å². The smallest absolute Gasteiger partial charge is 0.408 e. The molecule has 1 fully saturated rings. The summed E-state index contributed by atoms with van der Waals surface area (Å²) in [5.41, 5.74) is 4.84. The van der Waals surface area contributed by atoms with Gasteiger partial charge in [0, 0.05) is 29.8 Å². The van der Waals surface area contributed by atoms with Crippen molar-refractivity contribution in [2.75, 3.05) is 11.4 Å². The molecule has 1 atom stereocenters. The zero-order valence-electron chi connectivity index (χ0n) is 37.5. The van der Waals surface area contributed by atoms with Crippen molar-refractivity contribution in [3.05, 3.63) is 167 Å². The molecular weight excluding hydrogens is 799 g/mol. The van der Waals surface area contributed by atoms with Gasteiger partial charge in [0.05, 0.1) is 0 Å². The van der Waals surface area contributed by atoms with Crippen LogP contribution in [-0.2, 0) is 26.3 Å². The lowest BCUT2D eigenvalue weighted by Crippen LogP contribution is -2.52. The Morgan fingerprint density at radius 2 is 1.27 bits per heavy atom. The number of rotatable bonds is 12. The van der Waals surface area contributed by atoms with Gasteiger partial charge in [-0.2, -0.15) is 0 Å². The van der Waals surface area contributed by atoms with Crippen LogP contribution in [0.3, 0.4) is 0 Å². The summed E-state index contributed by atoms with van der Waals surface area (Å²) in [5.74, 6) is 0.724. The van der Waals surface area contributed by atoms with Crippen LogP contribution >= 0.6 is 0 Å². The van der Waals surface area contributed by atoms with Crippen molar-refractivity contribution < 1.29 is 19.1 Å². The summed E-state index contributed by atoms with van der Waals surface area (Å²) < 4.78 is 5.42. The molecule has 0 bridgehead atoms.